The Morgan fingerprint density at radius 3 is 2.74 bits per heavy atom. The fourth-order valence-electron chi connectivity index (χ4n) is 6.05. The van der Waals surface area contributed by atoms with Crippen molar-refractivity contribution in [2.24, 2.45) is 10.8 Å². The second-order valence-corrected chi connectivity index (χ2v) is 10.2. The van der Waals surface area contributed by atoms with Crippen LogP contribution >= 0.6 is 11.6 Å². The molecule has 5 heteroatoms. The number of benzene rings is 1. The van der Waals surface area contributed by atoms with Crippen molar-refractivity contribution in [2.45, 2.75) is 59.5 Å². The Bertz CT molecular complexity index is 965. The summed E-state index contributed by atoms with van der Waals surface area (Å²) < 4.78 is 5.42. The van der Waals surface area contributed by atoms with E-state index in [2.05, 4.69) is 25.8 Å². The molecule has 1 aliphatic carbocycles. The molecule has 0 radical (unpaired) electrons. The van der Waals surface area contributed by atoms with E-state index in [9.17, 15) is 4.79 Å². The van der Waals surface area contributed by atoms with E-state index < -0.39 is 0 Å². The predicted octanol–water partition coefficient (Wildman–Crippen LogP) is 3.48. The number of ether oxygens (including phenoxy) is 1. The molecule has 4 nitrogen and oxygen atoms in total. The minimum Gasteiger partial charge on any atom is -0.495 e. The number of hydrogen-bond acceptors (Lipinski definition) is 2. The lowest BCUT2D eigenvalue weighted by Gasteiger charge is -2.37. The molecule has 3 atom stereocenters. The first-order valence-corrected chi connectivity index (χ1v) is 10.2. The zero-order valence-corrected chi connectivity index (χ0v) is 17.7. The van der Waals surface area contributed by atoms with Gasteiger partial charge in [0.25, 0.3) is 0 Å². The Balaban J connectivity index is 1.76. The Kier molecular flexibility index (Phi) is 4.36. The maximum Gasteiger partial charge on any atom is 0.200 e. The van der Waals surface area contributed by atoms with Gasteiger partial charge in [0.05, 0.1) is 41.2 Å². The number of aromatic amines is 1. The minimum atomic E-state index is 0.0449. The number of halogens is 1. The maximum absolute atomic E-state index is 13.4. The van der Waals surface area contributed by atoms with Gasteiger partial charge in [-0.25, -0.2) is 0 Å². The number of pyridine rings is 1. The van der Waals surface area contributed by atoms with E-state index in [0.29, 0.717) is 38.5 Å². The van der Waals surface area contributed by atoms with Crippen LogP contribution in [0.15, 0.2) is 16.9 Å². The van der Waals surface area contributed by atoms with Crippen LogP contribution < -0.4 is 15.1 Å². The average Bonchev–Trinajstić information content (AvgIpc) is 2.79. The summed E-state index contributed by atoms with van der Waals surface area (Å²) in [5.41, 5.74) is 3.30. The van der Waals surface area contributed by atoms with Gasteiger partial charge in [0.15, 0.2) is 5.43 Å². The molecule has 1 saturated heterocycles. The fraction of sp³-hybridized carbons (Fsp3) is 0.591. The smallest absolute Gasteiger partial charge is 0.200 e. The number of hydrogen-bond donors (Lipinski definition) is 2. The quantitative estimate of drug-likeness (QED) is 0.844. The van der Waals surface area contributed by atoms with Crippen LogP contribution in [0.2, 0.25) is 5.02 Å². The molecular weight excluding hydrogens is 360 g/mol. The zero-order chi connectivity index (χ0) is 19.6. The van der Waals surface area contributed by atoms with Crippen molar-refractivity contribution in [2.75, 3.05) is 13.7 Å². The maximum atomic E-state index is 13.4. The first kappa shape index (κ1) is 18.8. The summed E-state index contributed by atoms with van der Waals surface area (Å²) in [5, 5.41) is 1.03. The summed E-state index contributed by atoms with van der Waals surface area (Å²) in [7, 11) is 1.61. The van der Waals surface area contributed by atoms with Crippen LogP contribution in [0.5, 0.6) is 5.75 Å². The molecule has 1 saturated carbocycles. The molecule has 2 bridgehead atoms. The Morgan fingerprint density at radius 2 is 2.04 bits per heavy atom. The van der Waals surface area contributed by atoms with Crippen molar-refractivity contribution in [3.63, 3.8) is 0 Å². The van der Waals surface area contributed by atoms with Crippen LogP contribution in [0, 0.1) is 17.8 Å². The molecule has 3 unspecified atom stereocenters. The largest absolute Gasteiger partial charge is 0.495 e. The molecule has 2 aliphatic rings. The van der Waals surface area contributed by atoms with Gasteiger partial charge < -0.3 is 14.6 Å². The van der Waals surface area contributed by atoms with Gasteiger partial charge in [-0.2, -0.15) is 0 Å². The molecular formula is C22H30ClN2O2+. The van der Waals surface area contributed by atoms with Gasteiger partial charge in [0.1, 0.15) is 12.3 Å². The van der Waals surface area contributed by atoms with Gasteiger partial charge in [-0.3, -0.25) is 4.79 Å². The molecule has 2 aromatic rings. The third-order valence-corrected chi connectivity index (χ3v) is 7.00. The summed E-state index contributed by atoms with van der Waals surface area (Å²) in [6, 6.07) is 4.18. The van der Waals surface area contributed by atoms with Crippen molar-refractivity contribution in [1.82, 2.24) is 4.98 Å². The van der Waals surface area contributed by atoms with Gasteiger partial charge >= 0.3 is 0 Å². The van der Waals surface area contributed by atoms with E-state index in [1.165, 1.54) is 19.3 Å². The topological polar surface area (TPSA) is 46.5 Å². The highest BCUT2D eigenvalue weighted by atomic mass is 35.5. The van der Waals surface area contributed by atoms with Crippen LogP contribution in [-0.2, 0) is 6.54 Å². The lowest BCUT2D eigenvalue weighted by Crippen LogP contribution is -3.12. The second kappa shape index (κ2) is 6.25. The van der Waals surface area contributed by atoms with E-state index in [-0.39, 0.29) is 5.43 Å². The molecule has 1 aliphatic heterocycles. The van der Waals surface area contributed by atoms with Crippen LogP contribution in [0.1, 0.15) is 51.3 Å². The number of nitrogens with one attached hydrogen (secondary N) is 2. The first-order chi connectivity index (χ1) is 12.6. The lowest BCUT2D eigenvalue weighted by molar-refractivity contribution is -0.928. The summed E-state index contributed by atoms with van der Waals surface area (Å²) >= 11 is 6.40. The monoisotopic (exact) mass is 389 g/mol. The van der Waals surface area contributed by atoms with E-state index in [1.54, 1.807) is 24.1 Å². The van der Waals surface area contributed by atoms with Crippen molar-refractivity contribution >= 4 is 22.5 Å². The van der Waals surface area contributed by atoms with Crippen LogP contribution in [0.3, 0.4) is 0 Å². The molecule has 27 heavy (non-hydrogen) atoms. The van der Waals surface area contributed by atoms with Gasteiger partial charge in [-0.15, -0.1) is 0 Å². The number of H-pyrrole nitrogens is 1. The van der Waals surface area contributed by atoms with Crippen LogP contribution in [0.25, 0.3) is 10.9 Å². The SMILES string of the molecule is COc1ccc(Cl)c2c(=O)c(C[NH+]3CC4(C)CC3CC(C)(C)C4)c(C)[nH]c12. The third kappa shape index (κ3) is 3.17. The zero-order valence-electron chi connectivity index (χ0n) is 17.0. The average molecular weight is 390 g/mol. The normalized spacial score (nSPS) is 29.3. The highest BCUT2D eigenvalue weighted by Gasteiger charge is 2.52. The molecule has 2 fully saturated rings. The Morgan fingerprint density at radius 1 is 1.30 bits per heavy atom. The molecule has 146 valence electrons. The highest BCUT2D eigenvalue weighted by Crippen LogP contribution is 2.47. The van der Waals surface area contributed by atoms with Crippen molar-refractivity contribution in [3.05, 3.63) is 38.6 Å². The van der Waals surface area contributed by atoms with Crippen LogP contribution in [0.4, 0.5) is 0 Å². The molecule has 4 rings (SSSR count). The van der Waals surface area contributed by atoms with Gasteiger partial charge in [0, 0.05) is 24.0 Å². The predicted molar refractivity (Wildman–Crippen MR) is 110 cm³/mol. The van der Waals surface area contributed by atoms with Crippen molar-refractivity contribution in [1.29, 1.82) is 0 Å². The standard InChI is InChI=1S/C22H29ClN2O2/c1-13-15(10-25-12-22(4)9-14(25)8-21(2,3)11-22)20(26)18-16(23)6-7-17(27-5)19(18)24-13/h6-7,14H,8-12H2,1-5H3,(H,24,26)/p+1. The number of methoxy groups -OCH3 is 1. The second-order valence-electron chi connectivity index (χ2n) is 9.83. The summed E-state index contributed by atoms with van der Waals surface area (Å²) in [4.78, 5) is 18.3. The molecule has 2 N–H and O–H groups in total. The summed E-state index contributed by atoms with van der Waals surface area (Å²) in [6.07, 6.45) is 3.78. The van der Waals surface area contributed by atoms with E-state index in [4.69, 9.17) is 16.3 Å². The van der Waals surface area contributed by atoms with E-state index in [0.717, 1.165) is 24.3 Å². The number of fused-ring (bicyclic) bond motifs is 3. The number of aromatic nitrogens is 1. The molecule has 0 amide bonds. The highest BCUT2D eigenvalue weighted by molar-refractivity contribution is 6.35. The Hall–Kier alpha value is -1.52. The van der Waals surface area contributed by atoms with E-state index in [1.807, 2.05) is 6.92 Å². The summed E-state index contributed by atoms with van der Waals surface area (Å²) in [6.45, 7) is 11.1. The fourth-order valence-corrected chi connectivity index (χ4v) is 6.30. The van der Waals surface area contributed by atoms with Crippen LogP contribution in [-0.4, -0.2) is 24.7 Å². The van der Waals surface area contributed by atoms with Crippen molar-refractivity contribution < 1.29 is 9.64 Å². The van der Waals surface area contributed by atoms with Gasteiger partial charge in [-0.1, -0.05) is 32.4 Å². The summed E-state index contributed by atoms with van der Waals surface area (Å²) in [5.74, 6) is 0.653. The minimum absolute atomic E-state index is 0.0449. The van der Waals surface area contributed by atoms with Gasteiger partial charge in [0.2, 0.25) is 0 Å². The third-order valence-electron chi connectivity index (χ3n) is 6.68. The van der Waals surface area contributed by atoms with E-state index >= 15 is 0 Å². The number of aryl methyl sites for hydroxylation is 1. The number of likely N-dealkylation sites (tertiary alicyclic amines) is 1. The number of quaternary nitrogens is 1. The number of rotatable bonds is 3. The van der Waals surface area contributed by atoms with Crippen molar-refractivity contribution in [3.8, 4) is 5.75 Å². The van der Waals surface area contributed by atoms with Gasteiger partial charge in [-0.05, 0) is 30.9 Å². The lowest BCUT2D eigenvalue weighted by atomic mass is 9.65. The molecule has 1 aromatic heterocycles. The molecule has 2 heterocycles. The molecule has 1 aromatic carbocycles. The Labute approximate surface area is 165 Å². The molecule has 0 spiro atoms. The first-order valence-electron chi connectivity index (χ1n) is 9.85.